The average molecular weight is 303 g/mol. The molecule has 0 aromatic heterocycles. The molecular weight excluding hydrogens is 288 g/mol. The van der Waals surface area contributed by atoms with Gasteiger partial charge in [-0.05, 0) is 18.2 Å². The summed E-state index contributed by atoms with van der Waals surface area (Å²) in [7, 11) is 1.57. The van der Waals surface area contributed by atoms with Crippen molar-refractivity contribution in [3.05, 3.63) is 22.7 Å². The number of amides is 1. The Morgan fingerprint density at radius 2 is 2.29 bits per heavy atom. The van der Waals surface area contributed by atoms with Crippen LogP contribution in [0.15, 0.2) is 22.7 Å². The summed E-state index contributed by atoms with van der Waals surface area (Å²) in [4.78, 5) is 11.3. The number of carbonyl (C=O) groups excluding carboxylic acids is 1. The van der Waals surface area contributed by atoms with E-state index in [2.05, 4.69) is 21.2 Å². The minimum absolute atomic E-state index is 0.0600. The average Bonchev–Trinajstić information content (AvgIpc) is 2.28. The molecule has 0 heterocycles. The summed E-state index contributed by atoms with van der Waals surface area (Å²) in [6.45, 7) is 0.885. The molecule has 0 saturated carbocycles. The summed E-state index contributed by atoms with van der Waals surface area (Å²) < 4.78 is 11.0. The van der Waals surface area contributed by atoms with Crippen molar-refractivity contribution in [3.63, 3.8) is 0 Å². The minimum atomic E-state index is -0.204. The maximum absolute atomic E-state index is 11.3. The molecule has 1 amide bonds. The molecule has 0 aliphatic heterocycles. The molecule has 1 aromatic rings. The van der Waals surface area contributed by atoms with E-state index < -0.39 is 0 Å². The molecule has 0 aliphatic carbocycles. The molecule has 0 aliphatic rings. The van der Waals surface area contributed by atoms with Gasteiger partial charge in [0.05, 0.1) is 12.3 Å². The maximum atomic E-state index is 11.3. The first kappa shape index (κ1) is 13.8. The van der Waals surface area contributed by atoms with Gasteiger partial charge < -0.3 is 20.5 Å². The second-order valence-corrected chi connectivity index (χ2v) is 4.23. The summed E-state index contributed by atoms with van der Waals surface area (Å²) in [6, 6.07) is 5.23. The zero-order chi connectivity index (χ0) is 12.7. The van der Waals surface area contributed by atoms with Crippen molar-refractivity contribution in [2.24, 2.45) is 0 Å². The first-order valence-corrected chi connectivity index (χ1v) is 5.86. The monoisotopic (exact) mass is 302 g/mol. The Morgan fingerprint density at radius 1 is 1.53 bits per heavy atom. The van der Waals surface area contributed by atoms with Crippen LogP contribution in [0.2, 0.25) is 0 Å². The Labute approximate surface area is 108 Å². The second kappa shape index (κ2) is 7.13. The largest absolute Gasteiger partial charge is 0.482 e. The third kappa shape index (κ3) is 5.06. The topological polar surface area (TPSA) is 73.6 Å². The molecule has 0 unspecified atom stereocenters. The fourth-order valence-electron chi connectivity index (χ4n) is 1.14. The first-order valence-electron chi connectivity index (χ1n) is 5.07. The lowest BCUT2D eigenvalue weighted by atomic mass is 10.3. The molecule has 0 bridgehead atoms. The maximum Gasteiger partial charge on any atom is 0.258 e. The molecule has 3 N–H and O–H groups in total. The second-order valence-electron chi connectivity index (χ2n) is 3.31. The van der Waals surface area contributed by atoms with E-state index >= 15 is 0 Å². The number of hydrogen-bond donors (Lipinski definition) is 2. The third-order valence-electron chi connectivity index (χ3n) is 1.96. The van der Waals surface area contributed by atoms with Gasteiger partial charge in [-0.1, -0.05) is 15.9 Å². The molecule has 1 aromatic carbocycles. The van der Waals surface area contributed by atoms with Crippen LogP contribution in [0.3, 0.4) is 0 Å². The fraction of sp³-hybridized carbons (Fsp3) is 0.364. The number of halogens is 1. The summed E-state index contributed by atoms with van der Waals surface area (Å²) >= 11 is 3.29. The summed E-state index contributed by atoms with van der Waals surface area (Å²) in [5.74, 6) is 0.291. The quantitative estimate of drug-likeness (QED) is 0.611. The van der Waals surface area contributed by atoms with Gasteiger partial charge in [0, 0.05) is 18.1 Å². The van der Waals surface area contributed by atoms with Crippen LogP contribution < -0.4 is 15.8 Å². The Morgan fingerprint density at radius 3 is 2.94 bits per heavy atom. The number of nitrogens with two attached hydrogens (primary N) is 1. The van der Waals surface area contributed by atoms with Gasteiger partial charge in [-0.25, -0.2) is 0 Å². The lowest BCUT2D eigenvalue weighted by molar-refractivity contribution is -0.123. The van der Waals surface area contributed by atoms with Gasteiger partial charge in [-0.2, -0.15) is 0 Å². The number of hydrogen-bond acceptors (Lipinski definition) is 4. The van der Waals surface area contributed by atoms with Gasteiger partial charge >= 0.3 is 0 Å². The Bertz CT molecular complexity index is 385. The number of methoxy groups -OCH3 is 1. The van der Waals surface area contributed by atoms with Crippen molar-refractivity contribution >= 4 is 27.5 Å². The highest BCUT2D eigenvalue weighted by Crippen LogP contribution is 2.24. The number of anilines is 1. The predicted molar refractivity (Wildman–Crippen MR) is 68.9 cm³/mol. The van der Waals surface area contributed by atoms with Crippen LogP contribution in [0.5, 0.6) is 5.75 Å². The Hall–Kier alpha value is -1.27. The van der Waals surface area contributed by atoms with Gasteiger partial charge in [0.2, 0.25) is 0 Å². The number of nitrogen functional groups attached to an aromatic ring is 1. The van der Waals surface area contributed by atoms with E-state index in [0.29, 0.717) is 24.6 Å². The van der Waals surface area contributed by atoms with Crippen molar-refractivity contribution in [1.82, 2.24) is 5.32 Å². The smallest absolute Gasteiger partial charge is 0.258 e. The minimum Gasteiger partial charge on any atom is -0.482 e. The molecule has 0 saturated heterocycles. The van der Waals surface area contributed by atoms with Crippen LogP contribution in [-0.2, 0) is 9.53 Å². The predicted octanol–water partition coefficient (Wildman–Crippen LogP) is 1.17. The Kier molecular flexibility index (Phi) is 5.79. The van der Waals surface area contributed by atoms with E-state index in [9.17, 15) is 4.79 Å². The number of carbonyl (C=O) groups is 1. The van der Waals surface area contributed by atoms with Gasteiger partial charge in [0.1, 0.15) is 5.75 Å². The van der Waals surface area contributed by atoms with Crippen molar-refractivity contribution < 1.29 is 14.3 Å². The Balaban J connectivity index is 2.37. The number of rotatable bonds is 6. The van der Waals surface area contributed by atoms with E-state index in [1.54, 1.807) is 25.3 Å². The van der Waals surface area contributed by atoms with E-state index in [1.807, 2.05) is 0 Å². The molecular formula is C11H15BrN2O3. The summed E-state index contributed by atoms with van der Waals surface area (Å²) in [5.41, 5.74) is 6.21. The fourth-order valence-corrected chi connectivity index (χ4v) is 1.52. The van der Waals surface area contributed by atoms with Crippen molar-refractivity contribution in [3.8, 4) is 5.75 Å². The van der Waals surface area contributed by atoms with E-state index in [4.69, 9.17) is 15.2 Å². The van der Waals surface area contributed by atoms with E-state index in [0.717, 1.165) is 4.47 Å². The molecule has 0 fully saturated rings. The normalized spacial score (nSPS) is 10.0. The summed E-state index contributed by atoms with van der Waals surface area (Å²) in [5, 5.41) is 2.65. The zero-order valence-electron chi connectivity index (χ0n) is 9.53. The highest BCUT2D eigenvalue weighted by atomic mass is 79.9. The van der Waals surface area contributed by atoms with Crippen LogP contribution in [0.1, 0.15) is 0 Å². The summed E-state index contributed by atoms with van der Waals surface area (Å²) in [6.07, 6.45) is 0. The first-order chi connectivity index (χ1) is 8.13. The van der Waals surface area contributed by atoms with E-state index in [-0.39, 0.29) is 12.5 Å². The molecule has 94 valence electrons. The standard InChI is InChI=1S/C11H15BrN2O3/c1-16-5-4-14-11(15)7-17-10-3-2-8(12)6-9(10)13/h2-3,6H,4-5,7,13H2,1H3,(H,14,15). The number of nitrogens with one attached hydrogen (secondary N) is 1. The van der Waals surface area contributed by atoms with Crippen LogP contribution in [0.4, 0.5) is 5.69 Å². The van der Waals surface area contributed by atoms with Gasteiger partial charge in [0.15, 0.2) is 6.61 Å². The van der Waals surface area contributed by atoms with Gasteiger partial charge in [0.25, 0.3) is 5.91 Å². The van der Waals surface area contributed by atoms with E-state index in [1.165, 1.54) is 0 Å². The van der Waals surface area contributed by atoms with Crippen LogP contribution in [0.25, 0.3) is 0 Å². The third-order valence-corrected chi connectivity index (χ3v) is 2.45. The number of benzene rings is 1. The molecule has 0 radical (unpaired) electrons. The molecule has 17 heavy (non-hydrogen) atoms. The zero-order valence-corrected chi connectivity index (χ0v) is 11.1. The highest BCUT2D eigenvalue weighted by molar-refractivity contribution is 9.10. The van der Waals surface area contributed by atoms with Gasteiger partial charge in [-0.3, -0.25) is 4.79 Å². The SMILES string of the molecule is COCCNC(=O)COc1ccc(Br)cc1N. The lowest BCUT2D eigenvalue weighted by Crippen LogP contribution is -2.31. The van der Waals surface area contributed by atoms with Crippen molar-refractivity contribution in [2.45, 2.75) is 0 Å². The molecule has 5 nitrogen and oxygen atoms in total. The van der Waals surface area contributed by atoms with Crippen LogP contribution >= 0.6 is 15.9 Å². The highest BCUT2D eigenvalue weighted by Gasteiger charge is 2.05. The number of ether oxygens (including phenoxy) is 2. The molecule has 0 spiro atoms. The van der Waals surface area contributed by atoms with Crippen molar-refractivity contribution in [1.29, 1.82) is 0 Å². The molecule has 6 heteroatoms. The van der Waals surface area contributed by atoms with Crippen molar-refractivity contribution in [2.75, 3.05) is 32.6 Å². The van der Waals surface area contributed by atoms with Crippen LogP contribution in [0, 0.1) is 0 Å². The molecule has 1 rings (SSSR count). The molecule has 0 atom stereocenters. The lowest BCUT2D eigenvalue weighted by Gasteiger charge is -2.09. The van der Waals surface area contributed by atoms with Crippen LogP contribution in [-0.4, -0.2) is 32.8 Å². The van der Waals surface area contributed by atoms with Gasteiger partial charge in [-0.15, -0.1) is 0 Å².